The second kappa shape index (κ2) is 7.34. The van der Waals surface area contributed by atoms with Crippen LogP contribution in [0, 0.1) is 0 Å². The number of benzene rings is 1. The van der Waals surface area contributed by atoms with Crippen molar-refractivity contribution in [1.82, 2.24) is 19.4 Å². The largest absolute Gasteiger partial charge is 0.471 e. The van der Waals surface area contributed by atoms with Crippen LogP contribution in [0.15, 0.2) is 61.2 Å². The SMILES string of the molecule is O=Cc1ccc(-c2cnc3nc(COc4ccccn4)cn3c2)c(C(F)(F)F)c1. The third-order valence-corrected chi connectivity index (χ3v) is 4.16. The quantitative estimate of drug-likeness (QED) is 0.471. The van der Waals surface area contributed by atoms with Gasteiger partial charge < -0.3 is 4.74 Å². The number of aromatic nitrogens is 4. The number of carbonyl (C=O) groups excluding carboxylic acids is 1. The van der Waals surface area contributed by atoms with Crippen molar-refractivity contribution in [3.05, 3.63) is 78.0 Å². The lowest BCUT2D eigenvalue weighted by molar-refractivity contribution is -0.137. The minimum atomic E-state index is -4.61. The summed E-state index contributed by atoms with van der Waals surface area (Å²) >= 11 is 0. The van der Waals surface area contributed by atoms with Crippen molar-refractivity contribution in [2.45, 2.75) is 12.8 Å². The molecule has 146 valence electrons. The first-order valence-corrected chi connectivity index (χ1v) is 8.48. The summed E-state index contributed by atoms with van der Waals surface area (Å²) in [7, 11) is 0. The monoisotopic (exact) mass is 398 g/mol. The van der Waals surface area contributed by atoms with Gasteiger partial charge in [0.1, 0.15) is 12.9 Å². The maximum atomic E-state index is 13.5. The molecule has 0 fully saturated rings. The van der Waals surface area contributed by atoms with Crippen LogP contribution in [0.4, 0.5) is 13.2 Å². The Hall–Kier alpha value is -3.75. The van der Waals surface area contributed by atoms with Gasteiger partial charge in [0.2, 0.25) is 11.7 Å². The van der Waals surface area contributed by atoms with Crippen LogP contribution in [0.25, 0.3) is 16.9 Å². The highest BCUT2D eigenvalue weighted by Gasteiger charge is 2.34. The van der Waals surface area contributed by atoms with Gasteiger partial charge in [0.25, 0.3) is 0 Å². The summed E-state index contributed by atoms with van der Waals surface area (Å²) in [5, 5.41) is 0. The Balaban J connectivity index is 1.67. The molecular weight excluding hydrogens is 385 g/mol. The van der Waals surface area contributed by atoms with Gasteiger partial charge in [-0.15, -0.1) is 0 Å². The zero-order valence-electron chi connectivity index (χ0n) is 14.8. The van der Waals surface area contributed by atoms with E-state index in [1.54, 1.807) is 30.6 Å². The van der Waals surface area contributed by atoms with Crippen molar-refractivity contribution in [1.29, 1.82) is 0 Å². The molecule has 0 spiro atoms. The van der Waals surface area contributed by atoms with E-state index in [0.29, 0.717) is 23.6 Å². The molecule has 0 bridgehead atoms. The van der Waals surface area contributed by atoms with Crippen molar-refractivity contribution < 1.29 is 22.7 Å². The predicted molar refractivity (Wildman–Crippen MR) is 97.4 cm³/mol. The Morgan fingerprint density at radius 1 is 1.10 bits per heavy atom. The van der Waals surface area contributed by atoms with Crippen LogP contribution in [-0.2, 0) is 12.8 Å². The third-order valence-electron chi connectivity index (χ3n) is 4.16. The van der Waals surface area contributed by atoms with Gasteiger partial charge in [-0.1, -0.05) is 18.2 Å². The molecule has 29 heavy (non-hydrogen) atoms. The number of fused-ring (bicyclic) bond motifs is 1. The second-order valence-corrected chi connectivity index (χ2v) is 6.16. The van der Waals surface area contributed by atoms with Crippen LogP contribution in [0.1, 0.15) is 21.6 Å². The summed E-state index contributed by atoms with van der Waals surface area (Å²) in [5.41, 5.74) is -0.226. The molecule has 6 nitrogen and oxygen atoms in total. The van der Waals surface area contributed by atoms with Crippen LogP contribution >= 0.6 is 0 Å². The van der Waals surface area contributed by atoms with E-state index >= 15 is 0 Å². The van der Waals surface area contributed by atoms with E-state index in [2.05, 4.69) is 15.0 Å². The number of rotatable bonds is 5. The molecule has 3 aromatic heterocycles. The molecule has 4 aromatic rings. The summed E-state index contributed by atoms with van der Waals surface area (Å²) < 4.78 is 47.4. The molecule has 3 heterocycles. The molecular formula is C20H13F3N4O2. The average molecular weight is 398 g/mol. The first-order valence-electron chi connectivity index (χ1n) is 8.48. The maximum absolute atomic E-state index is 13.5. The van der Waals surface area contributed by atoms with E-state index in [1.165, 1.54) is 28.9 Å². The van der Waals surface area contributed by atoms with E-state index < -0.39 is 11.7 Å². The van der Waals surface area contributed by atoms with Gasteiger partial charge in [-0.25, -0.2) is 15.0 Å². The molecule has 0 saturated carbocycles. The van der Waals surface area contributed by atoms with Gasteiger partial charge >= 0.3 is 6.18 Å². The van der Waals surface area contributed by atoms with Crippen molar-refractivity contribution >= 4 is 12.1 Å². The number of ether oxygens (including phenoxy) is 1. The van der Waals surface area contributed by atoms with Crippen LogP contribution in [0.2, 0.25) is 0 Å². The van der Waals surface area contributed by atoms with Crippen LogP contribution < -0.4 is 4.74 Å². The molecule has 0 aliphatic rings. The van der Waals surface area contributed by atoms with Gasteiger partial charge in [-0.2, -0.15) is 13.2 Å². The molecule has 9 heteroatoms. The van der Waals surface area contributed by atoms with Crippen LogP contribution in [0.3, 0.4) is 0 Å². The highest BCUT2D eigenvalue weighted by molar-refractivity contribution is 5.79. The van der Waals surface area contributed by atoms with Crippen molar-refractivity contribution in [2.24, 2.45) is 0 Å². The van der Waals surface area contributed by atoms with E-state index in [0.717, 1.165) is 6.07 Å². The summed E-state index contributed by atoms with van der Waals surface area (Å²) in [6, 6.07) is 8.67. The van der Waals surface area contributed by atoms with E-state index in [-0.39, 0.29) is 23.3 Å². The molecule has 0 amide bonds. The number of hydrogen-bond donors (Lipinski definition) is 0. The Bertz CT molecular complexity index is 1170. The van der Waals surface area contributed by atoms with Gasteiger partial charge in [-0.3, -0.25) is 9.20 Å². The first kappa shape index (κ1) is 18.6. The highest BCUT2D eigenvalue weighted by atomic mass is 19.4. The van der Waals surface area contributed by atoms with Crippen LogP contribution in [0.5, 0.6) is 5.88 Å². The number of halogens is 3. The fraction of sp³-hybridized carbons (Fsp3) is 0.100. The standard InChI is InChI=1S/C20H13F3N4O2/c21-20(22,23)17-7-13(11-28)4-5-16(17)14-8-25-19-26-15(10-27(19)9-14)12-29-18-3-1-2-6-24-18/h1-11H,12H2. The fourth-order valence-electron chi connectivity index (χ4n) is 2.84. The topological polar surface area (TPSA) is 69.4 Å². The molecule has 0 atom stereocenters. The second-order valence-electron chi connectivity index (χ2n) is 6.16. The minimum absolute atomic E-state index is 0.0494. The number of pyridine rings is 1. The summed E-state index contributed by atoms with van der Waals surface area (Å²) in [5.74, 6) is 0.759. The molecule has 0 aliphatic heterocycles. The predicted octanol–water partition coefficient (Wildman–Crippen LogP) is 4.20. The molecule has 0 N–H and O–H groups in total. The minimum Gasteiger partial charge on any atom is -0.471 e. The number of carbonyl (C=O) groups is 1. The molecule has 1 aromatic carbocycles. The third kappa shape index (κ3) is 3.93. The zero-order chi connectivity index (χ0) is 20.4. The Labute approximate surface area is 162 Å². The smallest absolute Gasteiger partial charge is 0.417 e. The molecule has 0 saturated heterocycles. The number of imidazole rings is 1. The first-order chi connectivity index (χ1) is 13.9. The van der Waals surface area contributed by atoms with Crippen molar-refractivity contribution in [3.8, 4) is 17.0 Å². The number of alkyl halides is 3. The van der Waals surface area contributed by atoms with Crippen LogP contribution in [-0.4, -0.2) is 25.6 Å². The van der Waals surface area contributed by atoms with Gasteiger partial charge in [-0.05, 0) is 17.7 Å². The van der Waals surface area contributed by atoms with Gasteiger partial charge in [0, 0.05) is 42.0 Å². The lowest BCUT2D eigenvalue weighted by Crippen LogP contribution is -2.08. The molecule has 0 unspecified atom stereocenters. The van der Waals surface area contributed by atoms with Gasteiger partial charge in [0.15, 0.2) is 0 Å². The zero-order valence-corrected chi connectivity index (χ0v) is 14.8. The van der Waals surface area contributed by atoms with Crippen molar-refractivity contribution in [2.75, 3.05) is 0 Å². The molecule has 0 aliphatic carbocycles. The Morgan fingerprint density at radius 2 is 1.97 bits per heavy atom. The number of nitrogens with zero attached hydrogens (tertiary/aromatic N) is 4. The summed E-state index contributed by atoms with van der Waals surface area (Å²) in [6.45, 7) is 0.136. The summed E-state index contributed by atoms with van der Waals surface area (Å²) in [4.78, 5) is 23.3. The van der Waals surface area contributed by atoms with E-state index in [1.807, 2.05) is 0 Å². The number of hydrogen-bond acceptors (Lipinski definition) is 5. The van der Waals surface area contributed by atoms with Gasteiger partial charge in [0.05, 0.1) is 11.3 Å². The van der Waals surface area contributed by atoms with E-state index in [9.17, 15) is 18.0 Å². The Kier molecular flexibility index (Phi) is 4.71. The summed E-state index contributed by atoms with van der Waals surface area (Å²) in [6.07, 6.45) is 1.81. The molecule has 0 radical (unpaired) electrons. The average Bonchev–Trinajstić information content (AvgIpc) is 3.14. The Morgan fingerprint density at radius 3 is 2.69 bits per heavy atom. The molecule has 4 rings (SSSR count). The fourth-order valence-corrected chi connectivity index (χ4v) is 2.84. The van der Waals surface area contributed by atoms with Crippen molar-refractivity contribution in [3.63, 3.8) is 0 Å². The lowest BCUT2D eigenvalue weighted by Gasteiger charge is -2.13. The maximum Gasteiger partial charge on any atom is 0.417 e. The highest BCUT2D eigenvalue weighted by Crippen LogP contribution is 2.37. The van der Waals surface area contributed by atoms with E-state index in [4.69, 9.17) is 4.74 Å². The lowest BCUT2D eigenvalue weighted by atomic mass is 9.99. The number of aldehydes is 1. The normalized spacial score (nSPS) is 11.6.